The fraction of sp³-hybridized carbons (Fsp3) is 0.529. The summed E-state index contributed by atoms with van der Waals surface area (Å²) in [6.07, 6.45) is -0.225. The predicted octanol–water partition coefficient (Wildman–Crippen LogP) is 2.53. The Balaban J connectivity index is 1.98. The molecule has 6 nitrogen and oxygen atoms in total. The van der Waals surface area contributed by atoms with Gasteiger partial charge in [0.2, 0.25) is 5.91 Å². The molecule has 1 fully saturated rings. The summed E-state index contributed by atoms with van der Waals surface area (Å²) in [5, 5.41) is 13.0. The van der Waals surface area contributed by atoms with Crippen LogP contribution in [0.3, 0.4) is 0 Å². The molecule has 2 heterocycles. The Morgan fingerprint density at radius 2 is 2.21 bits per heavy atom. The van der Waals surface area contributed by atoms with Crippen molar-refractivity contribution in [3.63, 3.8) is 0 Å². The van der Waals surface area contributed by atoms with E-state index in [2.05, 4.69) is 5.32 Å². The third kappa shape index (κ3) is 2.63. The zero-order chi connectivity index (χ0) is 17.7. The van der Waals surface area contributed by atoms with E-state index in [0.717, 1.165) is 0 Å². The zero-order valence-electron chi connectivity index (χ0n) is 13.9. The Morgan fingerprint density at radius 3 is 2.83 bits per heavy atom. The highest BCUT2D eigenvalue weighted by molar-refractivity contribution is 6.33. The maximum Gasteiger partial charge on any atom is 0.410 e. The molecule has 2 aliphatic heterocycles. The van der Waals surface area contributed by atoms with Crippen LogP contribution in [0.1, 0.15) is 32.8 Å². The van der Waals surface area contributed by atoms with Gasteiger partial charge in [0.1, 0.15) is 5.60 Å². The summed E-state index contributed by atoms with van der Waals surface area (Å²) < 4.78 is 5.42. The maximum absolute atomic E-state index is 12.7. The van der Waals surface area contributed by atoms with Crippen molar-refractivity contribution in [1.29, 1.82) is 0 Å². The monoisotopic (exact) mass is 352 g/mol. The molecule has 1 spiro atoms. The fourth-order valence-electron chi connectivity index (χ4n) is 3.51. The average molecular weight is 353 g/mol. The minimum atomic E-state index is -0.946. The maximum atomic E-state index is 12.7. The smallest absolute Gasteiger partial charge is 0.410 e. The highest BCUT2D eigenvalue weighted by Gasteiger charge is 2.57. The molecule has 0 bridgehead atoms. The zero-order valence-corrected chi connectivity index (χ0v) is 14.7. The number of benzene rings is 1. The molecule has 2 N–H and O–H groups in total. The average Bonchev–Trinajstić information content (AvgIpc) is 2.98. The number of likely N-dealkylation sites (tertiary alicyclic amines) is 1. The van der Waals surface area contributed by atoms with Crippen LogP contribution in [0, 0.1) is 0 Å². The molecule has 130 valence electrons. The lowest BCUT2D eigenvalue weighted by Crippen LogP contribution is -2.43. The Bertz CT molecular complexity index is 700. The number of rotatable bonds is 1. The standard InChI is InChI=1S/C17H21ClN2O4/c1-16(2,3)24-15(23)20-9-17(7-10(20)8-21)13-11(18)5-4-6-12(13)19-14(17)22/h4-6,10,21H,7-9H2,1-3H3,(H,19,22)/t10-,17-/m0/s1. The number of nitrogens with one attached hydrogen (secondary N) is 1. The van der Waals surface area contributed by atoms with Gasteiger partial charge in [0.25, 0.3) is 0 Å². The van der Waals surface area contributed by atoms with Crippen molar-refractivity contribution in [3.8, 4) is 0 Å². The van der Waals surface area contributed by atoms with Crippen molar-refractivity contribution in [1.82, 2.24) is 4.90 Å². The molecule has 2 atom stereocenters. The normalized spacial score (nSPS) is 25.8. The molecule has 24 heavy (non-hydrogen) atoms. The van der Waals surface area contributed by atoms with Crippen molar-refractivity contribution in [2.75, 3.05) is 18.5 Å². The molecular formula is C17H21ClN2O4. The van der Waals surface area contributed by atoms with Crippen molar-refractivity contribution in [2.45, 2.75) is 44.2 Å². The van der Waals surface area contributed by atoms with Gasteiger partial charge in [0.05, 0.1) is 18.1 Å². The molecular weight excluding hydrogens is 332 g/mol. The van der Waals surface area contributed by atoms with Crippen molar-refractivity contribution in [2.24, 2.45) is 0 Å². The summed E-state index contributed by atoms with van der Waals surface area (Å²) in [4.78, 5) is 26.6. The summed E-state index contributed by atoms with van der Waals surface area (Å²) >= 11 is 6.34. The highest BCUT2D eigenvalue weighted by atomic mass is 35.5. The first-order valence-corrected chi connectivity index (χ1v) is 8.27. The first-order valence-electron chi connectivity index (χ1n) is 7.89. The molecule has 2 aliphatic rings. The molecule has 0 radical (unpaired) electrons. The molecule has 1 saturated heterocycles. The highest BCUT2D eigenvalue weighted by Crippen LogP contribution is 2.49. The van der Waals surface area contributed by atoms with Crippen LogP contribution in [-0.2, 0) is 14.9 Å². The lowest BCUT2D eigenvalue weighted by Gasteiger charge is -2.28. The van der Waals surface area contributed by atoms with Gasteiger partial charge in [-0.25, -0.2) is 4.79 Å². The van der Waals surface area contributed by atoms with E-state index in [0.29, 0.717) is 22.7 Å². The van der Waals surface area contributed by atoms with E-state index in [9.17, 15) is 14.7 Å². The van der Waals surface area contributed by atoms with Gasteiger partial charge in [0, 0.05) is 22.8 Å². The van der Waals surface area contributed by atoms with Crippen LogP contribution in [-0.4, -0.2) is 46.8 Å². The van der Waals surface area contributed by atoms with Gasteiger partial charge in [-0.05, 0) is 39.3 Å². The van der Waals surface area contributed by atoms with Gasteiger partial charge in [-0.15, -0.1) is 0 Å². The van der Waals surface area contributed by atoms with Gasteiger partial charge >= 0.3 is 6.09 Å². The number of halogens is 1. The van der Waals surface area contributed by atoms with Gasteiger partial charge in [-0.2, -0.15) is 0 Å². The molecule has 2 amide bonds. The summed E-state index contributed by atoms with van der Waals surface area (Å²) in [7, 11) is 0. The third-order valence-electron chi connectivity index (χ3n) is 4.48. The minimum absolute atomic E-state index is 0.135. The Kier molecular flexibility index (Phi) is 4.00. The predicted molar refractivity (Wildman–Crippen MR) is 90.2 cm³/mol. The number of anilines is 1. The number of carbonyl (C=O) groups excluding carboxylic acids is 2. The van der Waals surface area contributed by atoms with Crippen LogP contribution < -0.4 is 5.32 Å². The van der Waals surface area contributed by atoms with Gasteiger partial charge in [0.15, 0.2) is 0 Å². The number of hydrogen-bond acceptors (Lipinski definition) is 4. The fourth-order valence-corrected chi connectivity index (χ4v) is 3.87. The minimum Gasteiger partial charge on any atom is -0.444 e. The van der Waals surface area contributed by atoms with Gasteiger partial charge < -0.3 is 20.1 Å². The Hall–Kier alpha value is -1.79. The van der Waals surface area contributed by atoms with Crippen LogP contribution in [0.5, 0.6) is 0 Å². The van der Waals surface area contributed by atoms with E-state index >= 15 is 0 Å². The summed E-state index contributed by atoms with van der Waals surface area (Å²) in [5.41, 5.74) is -0.241. The van der Waals surface area contributed by atoms with Gasteiger partial charge in [-0.1, -0.05) is 17.7 Å². The van der Waals surface area contributed by atoms with E-state index in [-0.39, 0.29) is 19.1 Å². The molecule has 0 aromatic heterocycles. The molecule has 7 heteroatoms. The van der Waals surface area contributed by atoms with Crippen LogP contribution in [0.2, 0.25) is 5.02 Å². The van der Waals surface area contributed by atoms with Crippen molar-refractivity contribution in [3.05, 3.63) is 28.8 Å². The summed E-state index contributed by atoms with van der Waals surface area (Å²) in [6, 6.07) is 4.79. The van der Waals surface area contributed by atoms with Crippen molar-refractivity contribution >= 4 is 29.3 Å². The van der Waals surface area contributed by atoms with Crippen LogP contribution in [0.25, 0.3) is 0 Å². The number of hydrogen-bond donors (Lipinski definition) is 2. The Morgan fingerprint density at radius 1 is 1.50 bits per heavy atom. The number of ether oxygens (including phenoxy) is 1. The van der Waals surface area contributed by atoms with Crippen molar-refractivity contribution < 1.29 is 19.4 Å². The molecule has 1 aromatic carbocycles. The molecule has 3 rings (SSSR count). The van der Waals surface area contributed by atoms with E-state index in [1.165, 1.54) is 4.90 Å². The van der Waals surface area contributed by atoms with E-state index in [1.807, 2.05) is 0 Å². The van der Waals surface area contributed by atoms with Crippen LogP contribution in [0.15, 0.2) is 18.2 Å². The summed E-state index contributed by atoms with van der Waals surface area (Å²) in [6.45, 7) is 5.22. The lowest BCUT2D eigenvalue weighted by atomic mass is 9.79. The third-order valence-corrected chi connectivity index (χ3v) is 4.79. The number of aliphatic hydroxyl groups is 1. The molecule has 1 aromatic rings. The molecule has 0 aliphatic carbocycles. The first-order chi connectivity index (χ1) is 11.2. The summed E-state index contributed by atoms with van der Waals surface area (Å²) in [5.74, 6) is -0.199. The first kappa shape index (κ1) is 17.0. The molecule has 0 unspecified atom stereocenters. The lowest BCUT2D eigenvalue weighted by molar-refractivity contribution is -0.120. The number of carbonyl (C=O) groups is 2. The SMILES string of the molecule is CC(C)(C)OC(=O)N1C[C@]2(C[C@H]1CO)C(=O)Nc1cccc(Cl)c12. The quantitative estimate of drug-likeness (QED) is 0.814. The van der Waals surface area contributed by atoms with E-state index in [1.54, 1.807) is 39.0 Å². The topological polar surface area (TPSA) is 78.9 Å². The number of fused-ring (bicyclic) bond motifs is 2. The second-order valence-corrected chi connectivity index (χ2v) is 7.75. The van der Waals surface area contributed by atoms with Gasteiger partial charge in [-0.3, -0.25) is 4.79 Å². The van der Waals surface area contributed by atoms with E-state index < -0.39 is 23.2 Å². The van der Waals surface area contributed by atoms with Crippen LogP contribution >= 0.6 is 11.6 Å². The second-order valence-electron chi connectivity index (χ2n) is 7.35. The number of amides is 2. The second kappa shape index (κ2) is 5.63. The number of aliphatic hydroxyl groups excluding tert-OH is 1. The van der Waals surface area contributed by atoms with Crippen LogP contribution in [0.4, 0.5) is 10.5 Å². The Labute approximate surface area is 145 Å². The number of nitrogens with zero attached hydrogens (tertiary/aromatic N) is 1. The largest absolute Gasteiger partial charge is 0.444 e. The molecule has 0 saturated carbocycles. The van der Waals surface area contributed by atoms with E-state index in [4.69, 9.17) is 16.3 Å².